The maximum Gasteiger partial charge on any atom is 0.309 e. The molecule has 2 aliphatic rings. The van der Waals surface area contributed by atoms with Gasteiger partial charge in [-0.05, 0) is 51.2 Å². The molecule has 0 aromatic carbocycles. The molecule has 8 heteroatoms. The average Bonchev–Trinajstić information content (AvgIpc) is 3.22. The van der Waals surface area contributed by atoms with Gasteiger partial charge in [0.2, 0.25) is 0 Å². The number of epoxide rings is 1. The summed E-state index contributed by atoms with van der Waals surface area (Å²) in [5.74, 6) is -1.55. The fraction of sp³-hybridized carbons (Fsp3) is 0.741. The lowest BCUT2D eigenvalue weighted by molar-refractivity contribution is -0.154. The number of fused-ring (bicyclic) bond motifs is 1. The number of aliphatic hydroxyl groups excluding tert-OH is 2. The summed E-state index contributed by atoms with van der Waals surface area (Å²) >= 11 is 1.56. The Kier molecular flexibility index (Phi) is 8.62. The number of ketones is 1. The molecule has 196 valence electrons. The standard InChI is InChI=1S/C27H41NO6S/c1-15-9-8-10-27(7)22(34-27)12-20(16(2)11-19-14-35-18(4)28-19)33-23(30)13-21(29)26(5,6)25(32)17(3)24(15)31/h11,14-15,17,20-22,24,29,31H,8-10,12-13H2,1-7H3/t15?,17?,20?,21?,22-,24?,27+/m0/s1. The van der Waals surface area contributed by atoms with Crippen molar-refractivity contribution < 1.29 is 29.3 Å². The van der Waals surface area contributed by atoms with Crippen LogP contribution in [-0.4, -0.2) is 57.0 Å². The van der Waals surface area contributed by atoms with E-state index >= 15 is 0 Å². The molecular weight excluding hydrogens is 466 g/mol. The van der Waals surface area contributed by atoms with Crippen LogP contribution in [0, 0.1) is 24.2 Å². The van der Waals surface area contributed by atoms with Crippen LogP contribution < -0.4 is 0 Å². The van der Waals surface area contributed by atoms with Gasteiger partial charge in [-0.25, -0.2) is 4.98 Å². The third-order valence-corrected chi connectivity index (χ3v) is 8.72. The number of esters is 1. The third-order valence-electron chi connectivity index (χ3n) is 7.93. The summed E-state index contributed by atoms with van der Waals surface area (Å²) in [5.41, 5.74) is 0.179. The van der Waals surface area contributed by atoms with E-state index < -0.39 is 35.6 Å². The summed E-state index contributed by atoms with van der Waals surface area (Å²) in [4.78, 5) is 30.6. The molecule has 0 radical (unpaired) electrons. The number of nitrogens with zero attached hydrogens (tertiary/aromatic N) is 1. The van der Waals surface area contributed by atoms with Crippen molar-refractivity contribution in [2.45, 2.75) is 111 Å². The van der Waals surface area contributed by atoms with Crippen molar-refractivity contribution in [3.05, 3.63) is 21.7 Å². The molecular formula is C27H41NO6S. The highest BCUT2D eigenvalue weighted by atomic mass is 32.1. The first-order valence-corrected chi connectivity index (χ1v) is 13.5. The van der Waals surface area contributed by atoms with Crippen LogP contribution in [0.1, 0.15) is 84.3 Å². The highest BCUT2D eigenvalue weighted by Crippen LogP contribution is 2.45. The zero-order valence-corrected chi connectivity index (χ0v) is 22.9. The van der Waals surface area contributed by atoms with Crippen LogP contribution in [0.15, 0.2) is 11.0 Å². The van der Waals surface area contributed by atoms with Crippen LogP contribution in [0.4, 0.5) is 0 Å². The van der Waals surface area contributed by atoms with Gasteiger partial charge in [-0.3, -0.25) is 9.59 Å². The van der Waals surface area contributed by atoms with E-state index in [9.17, 15) is 19.8 Å². The van der Waals surface area contributed by atoms with E-state index in [4.69, 9.17) is 9.47 Å². The second-order valence-electron chi connectivity index (χ2n) is 11.3. The van der Waals surface area contributed by atoms with Crippen LogP contribution in [-0.2, 0) is 19.1 Å². The fourth-order valence-electron chi connectivity index (χ4n) is 5.07. The number of thiazole rings is 1. The van der Waals surface area contributed by atoms with Gasteiger partial charge in [0.05, 0.1) is 46.5 Å². The maximum absolute atomic E-state index is 13.2. The van der Waals surface area contributed by atoms with Crippen LogP contribution in [0.25, 0.3) is 6.08 Å². The molecule has 1 aromatic heterocycles. The number of carbonyl (C=O) groups is 2. The minimum Gasteiger partial charge on any atom is -0.458 e. The predicted molar refractivity (Wildman–Crippen MR) is 136 cm³/mol. The van der Waals surface area contributed by atoms with Crippen LogP contribution in [0.3, 0.4) is 0 Å². The maximum atomic E-state index is 13.2. The first-order valence-electron chi connectivity index (χ1n) is 12.6. The Labute approximate surface area is 212 Å². The van der Waals surface area contributed by atoms with Crippen molar-refractivity contribution in [2.24, 2.45) is 17.3 Å². The average molecular weight is 508 g/mol. The molecule has 2 fully saturated rings. The number of hydrogen-bond acceptors (Lipinski definition) is 8. The number of aliphatic hydroxyl groups is 2. The highest BCUT2D eigenvalue weighted by molar-refractivity contribution is 7.09. The molecule has 2 N–H and O–H groups in total. The van der Waals surface area contributed by atoms with Crippen molar-refractivity contribution in [1.82, 2.24) is 4.98 Å². The zero-order valence-electron chi connectivity index (χ0n) is 22.0. The van der Waals surface area contributed by atoms with E-state index in [1.165, 1.54) is 0 Å². The summed E-state index contributed by atoms with van der Waals surface area (Å²) in [6.45, 7) is 12.8. The molecule has 0 amide bonds. The van der Waals surface area contributed by atoms with Gasteiger partial charge in [-0.15, -0.1) is 11.3 Å². The summed E-state index contributed by atoms with van der Waals surface area (Å²) in [7, 11) is 0. The second-order valence-corrected chi connectivity index (χ2v) is 12.3. The van der Waals surface area contributed by atoms with Crippen molar-refractivity contribution >= 4 is 29.2 Å². The van der Waals surface area contributed by atoms with E-state index in [0.29, 0.717) is 6.42 Å². The predicted octanol–water partition coefficient (Wildman–Crippen LogP) is 4.48. The van der Waals surface area contributed by atoms with Crippen molar-refractivity contribution in [3.8, 4) is 0 Å². The zero-order chi connectivity index (χ0) is 26.1. The van der Waals surface area contributed by atoms with E-state index in [2.05, 4.69) is 11.9 Å². The van der Waals surface area contributed by atoms with Gasteiger partial charge in [-0.1, -0.05) is 34.1 Å². The molecule has 0 aliphatic carbocycles. The van der Waals surface area contributed by atoms with Gasteiger partial charge < -0.3 is 19.7 Å². The lowest BCUT2D eigenvalue weighted by Gasteiger charge is -2.34. The van der Waals surface area contributed by atoms with Crippen LogP contribution in [0.2, 0.25) is 0 Å². The van der Waals surface area contributed by atoms with Gasteiger partial charge >= 0.3 is 5.97 Å². The molecule has 3 rings (SSSR count). The number of aromatic nitrogens is 1. The molecule has 2 saturated heterocycles. The topological polar surface area (TPSA) is 109 Å². The molecule has 0 saturated carbocycles. The number of Topliss-reactive ketones (excluding diaryl/α,β-unsaturated/α-hetero) is 1. The van der Waals surface area contributed by atoms with Gasteiger partial charge in [0.1, 0.15) is 11.9 Å². The van der Waals surface area contributed by atoms with Crippen molar-refractivity contribution in [3.63, 3.8) is 0 Å². The van der Waals surface area contributed by atoms with Crippen molar-refractivity contribution in [1.29, 1.82) is 0 Å². The third kappa shape index (κ3) is 6.59. The molecule has 7 atom stereocenters. The summed E-state index contributed by atoms with van der Waals surface area (Å²) in [6.07, 6.45) is 1.98. The Morgan fingerprint density at radius 2 is 1.91 bits per heavy atom. The summed E-state index contributed by atoms with van der Waals surface area (Å²) < 4.78 is 11.9. The molecule has 5 unspecified atom stereocenters. The summed E-state index contributed by atoms with van der Waals surface area (Å²) in [6, 6.07) is 0. The molecule has 0 bridgehead atoms. The number of hydrogen-bond donors (Lipinski definition) is 2. The Balaban J connectivity index is 1.85. The van der Waals surface area contributed by atoms with Crippen LogP contribution >= 0.6 is 11.3 Å². The molecule has 3 heterocycles. The first-order chi connectivity index (χ1) is 16.2. The Bertz CT molecular complexity index is 955. The molecule has 0 spiro atoms. The van der Waals surface area contributed by atoms with E-state index in [1.807, 2.05) is 32.2 Å². The van der Waals surface area contributed by atoms with Gasteiger partial charge in [0, 0.05) is 17.7 Å². The van der Waals surface area contributed by atoms with E-state index in [1.54, 1.807) is 32.1 Å². The lowest BCUT2D eigenvalue weighted by Crippen LogP contribution is -2.45. The van der Waals surface area contributed by atoms with E-state index in [-0.39, 0.29) is 29.8 Å². The first kappa shape index (κ1) is 28.0. The highest BCUT2D eigenvalue weighted by Gasteiger charge is 2.53. The smallest absolute Gasteiger partial charge is 0.309 e. The summed E-state index contributed by atoms with van der Waals surface area (Å²) in [5, 5.41) is 24.6. The SMILES string of the molecule is CC(=Cc1csc(C)n1)C1C[C@@H]2O[C@]2(C)CCCC(C)C(O)C(C)C(=O)C(C)(C)C(O)CC(=O)O1. The van der Waals surface area contributed by atoms with Crippen LogP contribution in [0.5, 0.6) is 0 Å². The van der Waals surface area contributed by atoms with Gasteiger partial charge in [0.25, 0.3) is 0 Å². The minimum atomic E-state index is -1.23. The monoisotopic (exact) mass is 507 g/mol. The van der Waals surface area contributed by atoms with Crippen molar-refractivity contribution in [2.75, 3.05) is 0 Å². The molecule has 7 nitrogen and oxygen atoms in total. The largest absolute Gasteiger partial charge is 0.458 e. The lowest BCUT2D eigenvalue weighted by atomic mass is 9.73. The fourth-order valence-corrected chi connectivity index (χ4v) is 5.64. The molecule has 2 aliphatic heterocycles. The number of cyclic esters (lactones) is 1. The number of carbonyl (C=O) groups excluding carboxylic acids is 2. The Morgan fingerprint density at radius 1 is 1.23 bits per heavy atom. The minimum absolute atomic E-state index is 0.0455. The normalized spacial score (nSPS) is 37.5. The Morgan fingerprint density at radius 3 is 2.54 bits per heavy atom. The van der Waals surface area contributed by atoms with E-state index in [0.717, 1.165) is 35.5 Å². The quantitative estimate of drug-likeness (QED) is 0.449. The molecule has 35 heavy (non-hydrogen) atoms. The van der Waals surface area contributed by atoms with Gasteiger partial charge in [0.15, 0.2) is 0 Å². The number of rotatable bonds is 2. The number of ether oxygens (including phenoxy) is 2. The molecule has 1 aromatic rings. The number of aryl methyl sites for hydroxylation is 1. The second kappa shape index (κ2) is 10.8. The Hall–Kier alpha value is -1.61. The van der Waals surface area contributed by atoms with Gasteiger partial charge in [-0.2, -0.15) is 0 Å².